The summed E-state index contributed by atoms with van der Waals surface area (Å²) in [7, 11) is 2.05. The molecule has 0 atom stereocenters. The van der Waals surface area contributed by atoms with Gasteiger partial charge in [0.25, 0.3) is 0 Å². The summed E-state index contributed by atoms with van der Waals surface area (Å²) in [5.41, 5.74) is 3.36. The molecule has 0 aliphatic carbocycles. The van der Waals surface area contributed by atoms with Gasteiger partial charge in [0.2, 0.25) is 12.3 Å². The molecule has 1 aliphatic heterocycles. The lowest BCUT2D eigenvalue weighted by Crippen LogP contribution is -2.74. The van der Waals surface area contributed by atoms with Crippen LogP contribution in [0.25, 0.3) is 0 Å². The zero-order chi connectivity index (χ0) is 11.0. The maximum atomic E-state index is 5.29. The van der Waals surface area contributed by atoms with E-state index in [0.717, 1.165) is 17.1 Å². The van der Waals surface area contributed by atoms with Crippen molar-refractivity contribution in [2.24, 2.45) is 0 Å². The van der Waals surface area contributed by atoms with E-state index in [1.807, 2.05) is 32.1 Å². The highest BCUT2D eigenvalue weighted by Crippen LogP contribution is 2.13. The number of aromatic nitrogens is 2. The summed E-state index contributed by atoms with van der Waals surface area (Å²) < 4.78 is 4.15. The highest BCUT2D eigenvalue weighted by molar-refractivity contribution is 6.37. The van der Waals surface area contributed by atoms with Gasteiger partial charge in [0.15, 0.2) is 0 Å². The molecule has 2 aromatic heterocycles. The molecule has 1 N–H and O–H groups in total. The number of terminal acetylenes is 1. The number of rotatable bonds is 1. The average Bonchev–Trinajstić information content (AvgIpc) is 2.91. The molecule has 1 radical (unpaired) electrons. The summed E-state index contributed by atoms with van der Waals surface area (Å²) >= 11 is 0. The second kappa shape index (κ2) is 3.46. The molecular weight excluding hydrogens is 197 g/mol. The normalized spacial score (nSPS) is 12.3. The molecule has 0 fully saturated rings. The fraction of sp³-hybridized carbons (Fsp3) is 0.0833. The van der Waals surface area contributed by atoms with Crippen LogP contribution >= 0.6 is 0 Å². The van der Waals surface area contributed by atoms with E-state index in [4.69, 9.17) is 6.42 Å². The first kappa shape index (κ1) is 9.11. The maximum Gasteiger partial charge on any atom is 0.400 e. The molecule has 0 unspecified atom stereocenters. The van der Waals surface area contributed by atoms with Crippen molar-refractivity contribution in [3.05, 3.63) is 48.0 Å². The topological polar surface area (TPSA) is 23.8 Å². The molecule has 0 saturated heterocycles. The van der Waals surface area contributed by atoms with Crippen LogP contribution in [0.15, 0.2) is 36.7 Å². The first-order valence-electron chi connectivity index (χ1n) is 5.14. The van der Waals surface area contributed by atoms with Crippen molar-refractivity contribution in [2.45, 2.75) is 0 Å². The van der Waals surface area contributed by atoms with E-state index in [9.17, 15) is 0 Å². The third kappa shape index (κ3) is 1.22. The molecule has 3 heterocycles. The van der Waals surface area contributed by atoms with Crippen LogP contribution in [0.1, 0.15) is 11.4 Å². The van der Waals surface area contributed by atoms with E-state index in [1.165, 1.54) is 0 Å². The van der Waals surface area contributed by atoms with Crippen LogP contribution in [0.2, 0.25) is 0 Å². The van der Waals surface area contributed by atoms with Crippen LogP contribution in [0.5, 0.6) is 0 Å². The zero-order valence-corrected chi connectivity index (χ0v) is 8.72. The van der Waals surface area contributed by atoms with Gasteiger partial charge in [-0.25, -0.2) is 4.99 Å². The fourth-order valence-electron chi connectivity index (χ4n) is 2.00. The van der Waals surface area contributed by atoms with Crippen LogP contribution in [-0.2, 0) is 0 Å². The first-order valence-corrected chi connectivity index (χ1v) is 5.14. The minimum atomic E-state index is 0.533. The van der Waals surface area contributed by atoms with E-state index in [1.54, 1.807) is 0 Å². The second-order valence-electron chi connectivity index (χ2n) is 3.65. The second-order valence-corrected chi connectivity index (χ2v) is 3.65. The third-order valence-electron chi connectivity index (χ3n) is 2.69. The van der Waals surface area contributed by atoms with Crippen molar-refractivity contribution in [2.75, 3.05) is 6.54 Å². The lowest BCUT2D eigenvalue weighted by Gasteiger charge is -2.15. The molecule has 0 aromatic carbocycles. The van der Waals surface area contributed by atoms with Gasteiger partial charge in [-0.3, -0.25) is 0 Å². The summed E-state index contributed by atoms with van der Waals surface area (Å²) in [6.07, 6.45) is 9.34. The molecule has 0 bridgehead atoms. The third-order valence-corrected chi connectivity index (χ3v) is 2.69. The van der Waals surface area contributed by atoms with Gasteiger partial charge in [0.1, 0.15) is 11.4 Å². The SMILES string of the molecule is C#CC[NH+]=C1c2cccn2[B]n2cccc21. The van der Waals surface area contributed by atoms with Gasteiger partial charge in [-0.05, 0) is 42.6 Å². The zero-order valence-electron chi connectivity index (χ0n) is 8.72. The van der Waals surface area contributed by atoms with E-state index in [0.29, 0.717) is 6.54 Å². The van der Waals surface area contributed by atoms with Gasteiger partial charge in [-0.2, -0.15) is 0 Å². The highest BCUT2D eigenvalue weighted by Gasteiger charge is 2.25. The van der Waals surface area contributed by atoms with Crippen molar-refractivity contribution in [3.8, 4) is 12.3 Å². The minimum absolute atomic E-state index is 0.533. The van der Waals surface area contributed by atoms with Crippen LogP contribution < -0.4 is 4.99 Å². The van der Waals surface area contributed by atoms with Crippen molar-refractivity contribution in [1.82, 2.24) is 8.96 Å². The van der Waals surface area contributed by atoms with Gasteiger partial charge in [-0.1, -0.05) is 0 Å². The van der Waals surface area contributed by atoms with E-state index in [-0.39, 0.29) is 0 Å². The van der Waals surface area contributed by atoms with Crippen LogP contribution in [0, 0.1) is 12.3 Å². The Balaban J connectivity index is 2.18. The summed E-state index contributed by atoms with van der Waals surface area (Å²) in [5.74, 6) is 2.60. The highest BCUT2D eigenvalue weighted by atomic mass is 15.1. The van der Waals surface area contributed by atoms with Crippen LogP contribution in [-0.4, -0.2) is 28.8 Å². The Morgan fingerprint density at radius 1 is 1.19 bits per heavy atom. The lowest BCUT2D eigenvalue weighted by atomic mass is 10.0. The van der Waals surface area contributed by atoms with Crippen molar-refractivity contribution in [3.63, 3.8) is 0 Å². The van der Waals surface area contributed by atoms with Gasteiger partial charge in [0, 0.05) is 0 Å². The Kier molecular flexibility index (Phi) is 1.97. The molecule has 3 nitrogen and oxygen atoms in total. The summed E-state index contributed by atoms with van der Waals surface area (Å²) in [6.45, 7) is 0.533. The molecule has 75 valence electrons. The Bertz CT molecular complexity index is 556. The first-order chi connectivity index (χ1) is 7.90. The lowest BCUT2D eigenvalue weighted by molar-refractivity contribution is -0.440. The molecule has 4 heteroatoms. The average molecular weight is 207 g/mol. The number of nitrogens with one attached hydrogen (secondary N) is 1. The molecule has 0 spiro atoms. The largest absolute Gasteiger partial charge is 0.400 e. The van der Waals surface area contributed by atoms with E-state index >= 15 is 0 Å². The van der Waals surface area contributed by atoms with Crippen LogP contribution in [0.3, 0.4) is 0 Å². The standard InChI is InChI=1S/C12H9BN3/c1-2-7-14-12-10-5-3-8-15(10)13-16-9-4-6-11(12)16/h1,3-6,8-9H,7H2/p+1. The number of hydrogen-bond acceptors (Lipinski definition) is 0. The van der Waals surface area contributed by atoms with Crippen LogP contribution in [0.4, 0.5) is 0 Å². The summed E-state index contributed by atoms with van der Waals surface area (Å²) in [4.78, 5) is 3.27. The van der Waals surface area contributed by atoms with Gasteiger partial charge in [-0.15, -0.1) is 6.42 Å². The smallest absolute Gasteiger partial charge is 0.369 e. The van der Waals surface area contributed by atoms with Gasteiger partial charge < -0.3 is 8.96 Å². The van der Waals surface area contributed by atoms with Crippen molar-refractivity contribution >= 4 is 13.3 Å². The minimum Gasteiger partial charge on any atom is -0.369 e. The summed E-state index contributed by atoms with van der Waals surface area (Å²) in [5, 5.41) is 0. The van der Waals surface area contributed by atoms with Crippen molar-refractivity contribution < 1.29 is 4.99 Å². The van der Waals surface area contributed by atoms with E-state index in [2.05, 4.69) is 32.0 Å². The predicted octanol–water partition coefficient (Wildman–Crippen LogP) is -0.915. The van der Waals surface area contributed by atoms with Gasteiger partial charge >= 0.3 is 7.55 Å². The fourth-order valence-corrected chi connectivity index (χ4v) is 2.00. The Labute approximate surface area is 94.7 Å². The number of hydrogen-bond donors (Lipinski definition) is 1. The molecular formula is C12H10BN3+. The maximum absolute atomic E-state index is 5.29. The quantitative estimate of drug-likeness (QED) is 0.394. The molecule has 1 aliphatic rings. The van der Waals surface area contributed by atoms with E-state index < -0.39 is 0 Å². The monoisotopic (exact) mass is 207 g/mol. The Morgan fingerprint density at radius 2 is 1.81 bits per heavy atom. The van der Waals surface area contributed by atoms with Crippen molar-refractivity contribution in [1.29, 1.82) is 0 Å². The Morgan fingerprint density at radius 3 is 2.38 bits per heavy atom. The summed E-state index contributed by atoms with van der Waals surface area (Å²) in [6, 6.07) is 8.20. The molecule has 3 rings (SSSR count). The van der Waals surface area contributed by atoms with Gasteiger partial charge in [0.05, 0.1) is 0 Å². The predicted molar refractivity (Wildman–Crippen MR) is 63.3 cm³/mol. The molecule has 0 amide bonds. The number of nitrogens with zero attached hydrogens (tertiary/aromatic N) is 2. The molecule has 2 aromatic rings. The Hall–Kier alpha value is -2.15. The molecule has 16 heavy (non-hydrogen) atoms. The number of fused-ring (bicyclic) bond motifs is 2. The molecule has 0 saturated carbocycles.